The third kappa shape index (κ3) is 4.97. The molecular weight excluding hydrogens is 294 g/mol. The first-order valence-electron chi connectivity index (χ1n) is 4.23. The minimum Gasteiger partial charge on any atom is -0.491 e. The van der Waals surface area contributed by atoms with E-state index in [0.717, 1.165) is 5.75 Å². The molecule has 0 aromatic heterocycles. The summed E-state index contributed by atoms with van der Waals surface area (Å²) in [4.78, 5) is 0. The smallest absolute Gasteiger partial charge is 0.360 e. The van der Waals surface area contributed by atoms with Gasteiger partial charge in [-0.15, -0.1) is 0 Å². The van der Waals surface area contributed by atoms with Gasteiger partial charge in [-0.1, -0.05) is 18.2 Å². The average molecular weight is 303 g/mol. The van der Waals surface area contributed by atoms with Crippen LogP contribution in [0, 0.1) is 0 Å². The van der Waals surface area contributed by atoms with Crippen molar-refractivity contribution in [2.45, 2.75) is 0 Å². The van der Waals surface area contributed by atoms with Gasteiger partial charge in [-0.3, -0.25) is 0 Å². The van der Waals surface area contributed by atoms with Gasteiger partial charge in [-0.2, -0.15) is 8.15 Å². The standard InChI is InChI=1S/C8H9Cl2O4PS/c9-13-15(16,14-10)12-7-6-11-8-4-2-1-3-5-8/h1-5H,6-7H2. The molecule has 0 aliphatic carbocycles. The number of hydrogen-bond donors (Lipinski definition) is 0. The fourth-order valence-corrected chi connectivity index (χ4v) is 1.99. The minimum absolute atomic E-state index is 0.172. The lowest BCUT2D eigenvalue weighted by Crippen LogP contribution is -2.05. The van der Waals surface area contributed by atoms with E-state index in [9.17, 15) is 0 Å². The SMILES string of the molecule is S=P(OCl)(OCl)OCCOc1ccccc1. The van der Waals surface area contributed by atoms with Crippen LogP contribution in [0.15, 0.2) is 30.3 Å². The van der Waals surface area contributed by atoms with E-state index < -0.39 is 6.72 Å². The largest absolute Gasteiger partial charge is 0.491 e. The topological polar surface area (TPSA) is 36.9 Å². The normalized spacial score (nSPS) is 11.4. The third-order valence-electron chi connectivity index (χ3n) is 1.51. The maximum absolute atomic E-state index is 5.34. The van der Waals surface area contributed by atoms with E-state index in [0.29, 0.717) is 6.61 Å². The lowest BCUT2D eigenvalue weighted by molar-refractivity contribution is 0.201. The first-order chi connectivity index (χ1) is 7.70. The van der Waals surface area contributed by atoms with Gasteiger partial charge in [0.2, 0.25) is 0 Å². The lowest BCUT2D eigenvalue weighted by Gasteiger charge is -2.13. The molecule has 0 aliphatic heterocycles. The molecule has 0 atom stereocenters. The summed E-state index contributed by atoms with van der Waals surface area (Å²) in [5.74, 6) is 0.734. The second-order valence-corrected chi connectivity index (χ2v) is 6.18. The zero-order valence-electron chi connectivity index (χ0n) is 8.05. The molecule has 0 aliphatic rings. The molecule has 0 saturated heterocycles. The summed E-state index contributed by atoms with van der Waals surface area (Å²) >= 11 is 14.9. The van der Waals surface area contributed by atoms with Crippen LogP contribution in [0.3, 0.4) is 0 Å². The zero-order chi connectivity index (χ0) is 11.9. The summed E-state index contributed by atoms with van der Waals surface area (Å²) in [7, 11) is 0. The van der Waals surface area contributed by atoms with Gasteiger partial charge in [0.15, 0.2) is 0 Å². The van der Waals surface area contributed by atoms with Crippen LogP contribution in [0.25, 0.3) is 0 Å². The van der Waals surface area contributed by atoms with Gasteiger partial charge in [0.1, 0.15) is 12.4 Å². The molecular formula is C8H9Cl2O4PS. The molecule has 0 saturated carbocycles. The Bertz CT molecular complexity index is 343. The van der Waals surface area contributed by atoms with Crippen molar-refractivity contribution < 1.29 is 17.4 Å². The molecule has 0 spiro atoms. The average Bonchev–Trinajstić information content (AvgIpc) is 2.36. The highest BCUT2D eigenvalue weighted by Crippen LogP contribution is 2.52. The fraction of sp³-hybridized carbons (Fsp3) is 0.250. The van der Waals surface area contributed by atoms with Crippen molar-refractivity contribution in [3.05, 3.63) is 30.3 Å². The van der Waals surface area contributed by atoms with Crippen LogP contribution in [0.2, 0.25) is 0 Å². The van der Waals surface area contributed by atoms with Gasteiger partial charge in [0.05, 0.1) is 30.3 Å². The molecule has 0 heterocycles. The Morgan fingerprint density at radius 2 is 1.69 bits per heavy atom. The van der Waals surface area contributed by atoms with Gasteiger partial charge in [0.25, 0.3) is 0 Å². The molecule has 1 rings (SSSR count). The second kappa shape index (κ2) is 7.45. The fourth-order valence-electron chi connectivity index (χ4n) is 0.876. The number of rotatable bonds is 7. The summed E-state index contributed by atoms with van der Waals surface area (Å²) in [5.41, 5.74) is 0. The van der Waals surface area contributed by atoms with Crippen LogP contribution in [-0.4, -0.2) is 13.2 Å². The van der Waals surface area contributed by atoms with Crippen molar-refractivity contribution in [1.29, 1.82) is 0 Å². The van der Waals surface area contributed by atoms with Crippen LogP contribution >= 0.6 is 30.5 Å². The summed E-state index contributed by atoms with van der Waals surface area (Å²) in [6, 6.07) is 9.28. The van der Waals surface area contributed by atoms with Crippen LogP contribution in [-0.2, 0) is 24.5 Å². The molecule has 1 aromatic carbocycles. The molecule has 90 valence electrons. The van der Waals surface area contributed by atoms with Crippen LogP contribution in [0.5, 0.6) is 5.75 Å². The van der Waals surface area contributed by atoms with E-state index in [-0.39, 0.29) is 6.61 Å². The predicted molar refractivity (Wildman–Crippen MR) is 66.1 cm³/mol. The molecule has 4 nitrogen and oxygen atoms in total. The van der Waals surface area contributed by atoms with Crippen molar-refractivity contribution in [2.75, 3.05) is 13.2 Å². The number of para-hydroxylation sites is 1. The molecule has 0 N–H and O–H groups in total. The van der Waals surface area contributed by atoms with Crippen molar-refractivity contribution in [3.63, 3.8) is 0 Å². The quantitative estimate of drug-likeness (QED) is 0.568. The van der Waals surface area contributed by atoms with E-state index in [4.69, 9.17) is 44.8 Å². The van der Waals surface area contributed by atoms with Gasteiger partial charge < -0.3 is 9.26 Å². The summed E-state index contributed by atoms with van der Waals surface area (Å²) in [6.45, 7) is -2.55. The maximum atomic E-state index is 5.34. The number of halogens is 2. The number of ether oxygens (including phenoxy) is 1. The Labute approximate surface area is 109 Å². The molecule has 0 radical (unpaired) electrons. The number of hydrogen-bond acceptors (Lipinski definition) is 5. The van der Waals surface area contributed by atoms with Crippen molar-refractivity contribution >= 4 is 42.3 Å². The molecule has 0 amide bonds. The van der Waals surface area contributed by atoms with Gasteiger partial charge in [0, 0.05) is 0 Å². The van der Waals surface area contributed by atoms with E-state index in [1.807, 2.05) is 30.3 Å². The van der Waals surface area contributed by atoms with E-state index >= 15 is 0 Å². The molecule has 1 aromatic rings. The summed E-state index contributed by atoms with van der Waals surface area (Å²) in [5, 5.41) is 0. The molecule has 8 heteroatoms. The maximum Gasteiger partial charge on any atom is 0.360 e. The molecule has 0 fully saturated rings. The Kier molecular flexibility index (Phi) is 6.61. The van der Waals surface area contributed by atoms with Crippen molar-refractivity contribution in [3.8, 4) is 5.75 Å². The van der Waals surface area contributed by atoms with Gasteiger partial charge in [-0.05, 0) is 23.9 Å². The highest BCUT2D eigenvalue weighted by atomic mass is 35.5. The first kappa shape index (κ1) is 14.2. The van der Waals surface area contributed by atoms with Crippen molar-refractivity contribution in [2.24, 2.45) is 0 Å². The predicted octanol–water partition coefficient (Wildman–Crippen LogP) is 3.65. The zero-order valence-corrected chi connectivity index (χ0v) is 11.3. The third-order valence-corrected chi connectivity index (χ3v) is 4.70. The van der Waals surface area contributed by atoms with Crippen LogP contribution < -0.4 is 4.74 Å². The highest BCUT2D eigenvalue weighted by molar-refractivity contribution is 8.08. The summed E-state index contributed by atoms with van der Waals surface area (Å²) in [6.07, 6.45) is 0. The Morgan fingerprint density at radius 1 is 1.06 bits per heavy atom. The molecule has 0 bridgehead atoms. The monoisotopic (exact) mass is 302 g/mol. The number of benzene rings is 1. The minimum atomic E-state index is -3.02. The highest BCUT2D eigenvalue weighted by Gasteiger charge is 2.19. The lowest BCUT2D eigenvalue weighted by atomic mass is 10.3. The first-order valence-corrected chi connectivity index (χ1v) is 7.40. The second-order valence-electron chi connectivity index (χ2n) is 2.58. The van der Waals surface area contributed by atoms with Gasteiger partial charge in [-0.25, -0.2) is 0 Å². The Balaban J connectivity index is 2.24. The van der Waals surface area contributed by atoms with E-state index in [1.165, 1.54) is 0 Å². The van der Waals surface area contributed by atoms with Crippen molar-refractivity contribution in [1.82, 2.24) is 0 Å². The van der Waals surface area contributed by atoms with Gasteiger partial charge >= 0.3 is 6.72 Å². The van der Waals surface area contributed by atoms with Crippen LogP contribution in [0.4, 0.5) is 0 Å². The Morgan fingerprint density at radius 3 is 2.25 bits per heavy atom. The van der Waals surface area contributed by atoms with E-state index in [1.54, 1.807) is 0 Å². The summed E-state index contributed by atoms with van der Waals surface area (Å²) < 4.78 is 19.0. The van der Waals surface area contributed by atoms with Crippen LogP contribution in [0.1, 0.15) is 0 Å². The molecule has 16 heavy (non-hydrogen) atoms. The molecule has 0 unspecified atom stereocenters. The Hall–Kier alpha value is 0.130. The van der Waals surface area contributed by atoms with E-state index in [2.05, 4.69) is 8.15 Å².